The lowest BCUT2D eigenvalue weighted by atomic mass is 9.76. The van der Waals surface area contributed by atoms with Crippen molar-refractivity contribution in [3.05, 3.63) is 59.9 Å². The van der Waals surface area contributed by atoms with Gasteiger partial charge < -0.3 is 4.90 Å². The minimum absolute atomic E-state index is 0.248. The second-order valence-electron chi connectivity index (χ2n) is 6.76. The van der Waals surface area contributed by atoms with E-state index in [0.29, 0.717) is 6.54 Å². The molecule has 1 amide bonds. The molecule has 3 heterocycles. The Kier molecular flexibility index (Phi) is 3.85. The summed E-state index contributed by atoms with van der Waals surface area (Å²) in [7, 11) is 0. The second-order valence-corrected chi connectivity index (χ2v) is 6.76. The molecule has 1 saturated heterocycles. The SMILES string of the molecule is CCN1C(=O)C2(CCN(Cc3ccccc3)CC2)c2ncccc21. The van der Waals surface area contributed by atoms with Crippen LogP contribution in [0.15, 0.2) is 48.7 Å². The number of hydrogen-bond donors (Lipinski definition) is 0. The van der Waals surface area contributed by atoms with Crippen molar-refractivity contribution in [2.24, 2.45) is 0 Å². The van der Waals surface area contributed by atoms with Crippen molar-refractivity contribution in [2.75, 3.05) is 24.5 Å². The number of anilines is 1. The van der Waals surface area contributed by atoms with Crippen molar-refractivity contribution in [1.29, 1.82) is 0 Å². The fourth-order valence-corrected chi connectivity index (χ4v) is 4.15. The fraction of sp³-hybridized carbons (Fsp3) is 0.400. The van der Waals surface area contributed by atoms with Crippen molar-refractivity contribution in [3.63, 3.8) is 0 Å². The van der Waals surface area contributed by atoms with Gasteiger partial charge in [-0.05, 0) is 50.6 Å². The Morgan fingerprint density at radius 2 is 1.83 bits per heavy atom. The van der Waals surface area contributed by atoms with Crippen LogP contribution in [0.3, 0.4) is 0 Å². The summed E-state index contributed by atoms with van der Waals surface area (Å²) in [5.41, 5.74) is 2.94. The van der Waals surface area contributed by atoms with E-state index in [9.17, 15) is 4.79 Å². The summed E-state index contributed by atoms with van der Waals surface area (Å²) in [4.78, 5) is 22.1. The highest BCUT2D eigenvalue weighted by Crippen LogP contribution is 2.46. The highest BCUT2D eigenvalue weighted by Gasteiger charge is 2.52. The largest absolute Gasteiger partial charge is 0.310 e. The molecule has 0 saturated carbocycles. The van der Waals surface area contributed by atoms with Gasteiger partial charge in [-0.3, -0.25) is 14.7 Å². The third-order valence-electron chi connectivity index (χ3n) is 5.46. The van der Waals surface area contributed by atoms with Gasteiger partial charge in [-0.15, -0.1) is 0 Å². The molecule has 1 aromatic heterocycles. The van der Waals surface area contributed by atoms with E-state index in [1.807, 2.05) is 36.2 Å². The van der Waals surface area contributed by atoms with Crippen LogP contribution in [0, 0.1) is 0 Å². The molecular formula is C20H23N3O. The van der Waals surface area contributed by atoms with Gasteiger partial charge in [0.2, 0.25) is 5.91 Å². The number of nitrogens with zero attached hydrogens (tertiary/aromatic N) is 3. The van der Waals surface area contributed by atoms with Crippen molar-refractivity contribution in [1.82, 2.24) is 9.88 Å². The molecule has 124 valence electrons. The zero-order chi connectivity index (χ0) is 16.6. The molecule has 1 aromatic carbocycles. The lowest BCUT2D eigenvalue weighted by Gasteiger charge is -2.37. The Hall–Kier alpha value is -2.20. The number of likely N-dealkylation sites (tertiary alicyclic amines) is 1. The van der Waals surface area contributed by atoms with E-state index in [1.165, 1.54) is 5.56 Å². The number of pyridine rings is 1. The molecule has 4 nitrogen and oxygen atoms in total. The van der Waals surface area contributed by atoms with E-state index in [1.54, 1.807) is 0 Å². The number of benzene rings is 1. The average Bonchev–Trinajstić information content (AvgIpc) is 2.86. The Labute approximate surface area is 143 Å². The lowest BCUT2D eigenvalue weighted by molar-refractivity contribution is -0.125. The number of fused-ring (bicyclic) bond motifs is 2. The molecule has 0 unspecified atom stereocenters. The summed E-state index contributed by atoms with van der Waals surface area (Å²) in [5, 5.41) is 0. The van der Waals surface area contributed by atoms with Crippen LogP contribution in [0.2, 0.25) is 0 Å². The lowest BCUT2D eigenvalue weighted by Crippen LogP contribution is -2.48. The molecule has 1 spiro atoms. The Balaban J connectivity index is 1.55. The van der Waals surface area contributed by atoms with Gasteiger partial charge in [0.1, 0.15) is 0 Å². The Morgan fingerprint density at radius 1 is 1.08 bits per heavy atom. The summed E-state index contributed by atoms with van der Waals surface area (Å²) in [6, 6.07) is 14.5. The van der Waals surface area contributed by atoms with E-state index < -0.39 is 5.41 Å². The first-order valence-electron chi connectivity index (χ1n) is 8.78. The zero-order valence-electron chi connectivity index (χ0n) is 14.1. The minimum Gasteiger partial charge on any atom is -0.310 e. The van der Waals surface area contributed by atoms with Crippen LogP contribution in [0.25, 0.3) is 0 Å². The van der Waals surface area contributed by atoms with E-state index in [0.717, 1.165) is 43.9 Å². The Morgan fingerprint density at radius 3 is 2.54 bits per heavy atom. The molecule has 1 fully saturated rings. The first-order chi connectivity index (χ1) is 11.7. The van der Waals surface area contributed by atoms with Gasteiger partial charge in [0.05, 0.1) is 16.8 Å². The minimum atomic E-state index is -0.403. The summed E-state index contributed by atoms with van der Waals surface area (Å²) >= 11 is 0. The molecule has 24 heavy (non-hydrogen) atoms. The van der Waals surface area contributed by atoms with Crippen molar-refractivity contribution >= 4 is 11.6 Å². The maximum absolute atomic E-state index is 13.1. The van der Waals surface area contributed by atoms with Gasteiger partial charge in [-0.2, -0.15) is 0 Å². The first kappa shape index (κ1) is 15.3. The fourth-order valence-electron chi connectivity index (χ4n) is 4.15. The van der Waals surface area contributed by atoms with Crippen molar-refractivity contribution in [3.8, 4) is 0 Å². The predicted molar refractivity (Wildman–Crippen MR) is 94.9 cm³/mol. The van der Waals surface area contributed by atoms with Gasteiger partial charge in [0.15, 0.2) is 0 Å². The monoisotopic (exact) mass is 321 g/mol. The summed E-state index contributed by atoms with van der Waals surface area (Å²) in [6.45, 7) is 5.59. The highest BCUT2D eigenvalue weighted by molar-refractivity contribution is 6.07. The van der Waals surface area contributed by atoms with E-state index in [4.69, 9.17) is 0 Å². The standard InChI is InChI=1S/C20H23N3O/c1-2-23-17-9-6-12-21-18(17)20(19(23)24)10-13-22(14-11-20)15-16-7-4-3-5-8-16/h3-9,12H,2,10-11,13-15H2,1H3. The molecule has 0 atom stereocenters. The van der Waals surface area contributed by atoms with Gasteiger partial charge in [0.25, 0.3) is 0 Å². The van der Waals surface area contributed by atoms with Crippen LogP contribution in [0.5, 0.6) is 0 Å². The van der Waals surface area contributed by atoms with Gasteiger partial charge in [0, 0.05) is 19.3 Å². The van der Waals surface area contributed by atoms with E-state index in [2.05, 4.69) is 34.1 Å². The van der Waals surface area contributed by atoms with Gasteiger partial charge in [-0.25, -0.2) is 0 Å². The number of amides is 1. The summed E-state index contributed by atoms with van der Waals surface area (Å²) in [6.07, 6.45) is 3.54. The predicted octanol–water partition coefficient (Wildman–Crippen LogP) is 2.98. The zero-order valence-corrected chi connectivity index (χ0v) is 14.1. The quantitative estimate of drug-likeness (QED) is 0.872. The third kappa shape index (κ3) is 2.33. The second kappa shape index (κ2) is 6.02. The Bertz CT molecular complexity index is 736. The molecule has 0 bridgehead atoms. The number of rotatable bonds is 3. The molecule has 2 aliphatic rings. The number of carbonyl (C=O) groups excluding carboxylic acids is 1. The van der Waals surface area contributed by atoms with Gasteiger partial charge >= 0.3 is 0 Å². The first-order valence-corrected chi connectivity index (χ1v) is 8.78. The van der Waals surface area contributed by atoms with Crippen LogP contribution in [0.4, 0.5) is 5.69 Å². The molecular weight excluding hydrogens is 298 g/mol. The highest BCUT2D eigenvalue weighted by atomic mass is 16.2. The number of hydrogen-bond acceptors (Lipinski definition) is 3. The molecule has 4 rings (SSSR count). The molecule has 2 aliphatic heterocycles. The summed E-state index contributed by atoms with van der Waals surface area (Å²) < 4.78 is 0. The number of aromatic nitrogens is 1. The van der Waals surface area contributed by atoms with E-state index in [-0.39, 0.29) is 5.91 Å². The number of likely N-dealkylation sites (N-methyl/N-ethyl adjacent to an activating group) is 1. The number of piperidine rings is 1. The van der Waals surface area contributed by atoms with Crippen LogP contribution in [-0.4, -0.2) is 35.4 Å². The van der Waals surface area contributed by atoms with Crippen LogP contribution >= 0.6 is 0 Å². The van der Waals surface area contributed by atoms with Crippen molar-refractivity contribution < 1.29 is 4.79 Å². The van der Waals surface area contributed by atoms with Crippen LogP contribution < -0.4 is 4.90 Å². The number of carbonyl (C=O) groups is 1. The van der Waals surface area contributed by atoms with Crippen molar-refractivity contribution in [2.45, 2.75) is 31.7 Å². The molecule has 0 N–H and O–H groups in total. The molecule has 4 heteroatoms. The van der Waals surface area contributed by atoms with Gasteiger partial charge in [-0.1, -0.05) is 30.3 Å². The third-order valence-corrected chi connectivity index (χ3v) is 5.46. The van der Waals surface area contributed by atoms with E-state index >= 15 is 0 Å². The smallest absolute Gasteiger partial charge is 0.239 e. The van der Waals surface area contributed by atoms with Crippen LogP contribution in [-0.2, 0) is 16.8 Å². The molecule has 2 aromatic rings. The molecule has 0 radical (unpaired) electrons. The maximum Gasteiger partial charge on any atom is 0.239 e. The average molecular weight is 321 g/mol. The summed E-state index contributed by atoms with van der Waals surface area (Å²) in [5.74, 6) is 0.248. The molecule has 0 aliphatic carbocycles. The normalized spacial score (nSPS) is 19.7. The van der Waals surface area contributed by atoms with Crippen LogP contribution in [0.1, 0.15) is 31.0 Å². The topological polar surface area (TPSA) is 36.4 Å². The maximum atomic E-state index is 13.1.